The lowest BCUT2D eigenvalue weighted by molar-refractivity contribution is 0.486. The van der Waals surface area contributed by atoms with Gasteiger partial charge in [0.25, 0.3) is 0 Å². The molecule has 1 aliphatic carbocycles. The van der Waals surface area contributed by atoms with Crippen LogP contribution in [0.1, 0.15) is 36.4 Å². The van der Waals surface area contributed by atoms with Gasteiger partial charge in [-0.05, 0) is 78.4 Å². The minimum Gasteiger partial charge on any atom is -0.422 e. The number of hydrogen-bond donors (Lipinski definition) is 0. The van der Waals surface area contributed by atoms with Gasteiger partial charge >= 0.3 is 5.63 Å². The molecule has 3 heterocycles. The molecule has 0 amide bonds. The number of allylic oxidation sites excluding steroid dienone is 1. The average Bonchev–Trinajstić information content (AvgIpc) is 3.60. The van der Waals surface area contributed by atoms with Crippen LogP contribution >= 0.6 is 11.3 Å². The first-order valence-corrected chi connectivity index (χ1v) is 13.9. The zero-order valence-electron chi connectivity index (χ0n) is 21.3. The molecule has 0 saturated heterocycles. The number of rotatable bonds is 4. The number of thiazole rings is 1. The van der Waals surface area contributed by atoms with Crippen LogP contribution in [0.5, 0.6) is 0 Å². The molecule has 1 aliphatic heterocycles. The Bertz CT molecular complexity index is 1840. The largest absolute Gasteiger partial charge is 0.422 e. The zero-order chi connectivity index (χ0) is 27.2. The van der Waals surface area contributed by atoms with Gasteiger partial charge in [0.2, 0.25) is 5.13 Å². The molecule has 1 fully saturated rings. The van der Waals surface area contributed by atoms with E-state index in [1.807, 2.05) is 29.3 Å². The highest BCUT2D eigenvalue weighted by molar-refractivity contribution is 7.18. The van der Waals surface area contributed by atoms with Crippen molar-refractivity contribution in [1.82, 2.24) is 4.98 Å². The van der Waals surface area contributed by atoms with E-state index in [1.165, 1.54) is 35.6 Å². The predicted octanol–water partition coefficient (Wildman–Crippen LogP) is 8.00. The van der Waals surface area contributed by atoms with Crippen molar-refractivity contribution >= 4 is 39.2 Å². The molecule has 1 saturated carbocycles. The van der Waals surface area contributed by atoms with Crippen LogP contribution in [0.2, 0.25) is 0 Å². The molecule has 0 spiro atoms. The van der Waals surface area contributed by atoms with Crippen molar-refractivity contribution in [1.29, 1.82) is 0 Å². The maximum atomic E-state index is 13.9. The zero-order valence-corrected chi connectivity index (χ0v) is 22.1. The lowest BCUT2D eigenvalue weighted by Crippen LogP contribution is -2.28. The Morgan fingerprint density at radius 1 is 0.975 bits per heavy atom. The molecule has 0 radical (unpaired) electrons. The van der Waals surface area contributed by atoms with Gasteiger partial charge in [0.1, 0.15) is 17.2 Å². The first kappa shape index (κ1) is 24.6. The molecular formula is C32H23F2N3O2S. The van der Waals surface area contributed by atoms with Crippen LogP contribution in [0, 0.1) is 17.6 Å². The Kier molecular flexibility index (Phi) is 6.12. The summed E-state index contributed by atoms with van der Waals surface area (Å²) >= 11 is 1.37. The van der Waals surface area contributed by atoms with Crippen LogP contribution < -0.4 is 10.6 Å². The van der Waals surface area contributed by atoms with E-state index in [0.717, 1.165) is 47.1 Å². The van der Waals surface area contributed by atoms with Gasteiger partial charge in [-0.1, -0.05) is 53.8 Å². The third-order valence-electron chi connectivity index (χ3n) is 7.52. The maximum Gasteiger partial charge on any atom is 0.345 e. The predicted molar refractivity (Wildman–Crippen MR) is 154 cm³/mol. The normalized spacial score (nSPS) is 19.7. The van der Waals surface area contributed by atoms with Gasteiger partial charge < -0.3 is 4.42 Å². The molecule has 0 bridgehead atoms. The summed E-state index contributed by atoms with van der Waals surface area (Å²) in [5.74, 6) is -0.497. The number of hydrazone groups is 1. The minimum absolute atomic E-state index is 0.0731. The number of fused-ring (bicyclic) bond motifs is 2. The number of para-hydroxylation sites is 1. The molecule has 8 heteroatoms. The molecular weight excluding hydrogens is 528 g/mol. The van der Waals surface area contributed by atoms with Gasteiger partial charge in [-0.25, -0.2) is 23.6 Å². The summed E-state index contributed by atoms with van der Waals surface area (Å²) in [7, 11) is 0. The summed E-state index contributed by atoms with van der Waals surface area (Å²) in [5.41, 5.74) is 4.48. The number of halogens is 2. The van der Waals surface area contributed by atoms with Crippen molar-refractivity contribution in [2.75, 3.05) is 5.01 Å². The van der Waals surface area contributed by atoms with Crippen LogP contribution in [-0.2, 0) is 0 Å². The van der Waals surface area contributed by atoms with Gasteiger partial charge in [0.15, 0.2) is 0 Å². The van der Waals surface area contributed by atoms with Crippen LogP contribution in [0.15, 0.2) is 105 Å². The van der Waals surface area contributed by atoms with Crippen molar-refractivity contribution in [2.45, 2.75) is 25.3 Å². The number of anilines is 1. The first-order chi connectivity index (χ1) is 19.5. The van der Waals surface area contributed by atoms with Gasteiger partial charge in [0.05, 0.1) is 22.2 Å². The van der Waals surface area contributed by atoms with E-state index >= 15 is 0 Å². The number of hydrogen-bond acceptors (Lipinski definition) is 6. The van der Waals surface area contributed by atoms with Crippen LogP contribution in [0.3, 0.4) is 0 Å². The third kappa shape index (κ3) is 4.44. The van der Waals surface area contributed by atoms with Gasteiger partial charge in [-0.3, -0.25) is 0 Å². The second-order valence-electron chi connectivity index (χ2n) is 10.0. The SMILES string of the molecule is O=c1oc2ccccc2cc1-c1cnc(N2N=C3/C(=C\c4ccc(F)cc4)CCC[C@@H]3[C@H]2c2ccc(F)cc2)s1. The van der Waals surface area contributed by atoms with E-state index in [0.29, 0.717) is 21.2 Å². The number of nitrogens with zero attached hydrogens (tertiary/aromatic N) is 3. The standard InChI is InChI=1S/C32H23F2N3O2S/c33-23-12-8-19(9-13-23)16-22-5-3-6-25-29(22)36-37(30(25)20-10-14-24(34)15-11-20)32-35-18-28(40-32)26-17-21-4-1-2-7-27(21)39-31(26)38/h1-2,4,7-18,25,30H,3,5-6H2/b22-16-/t25-,30+/m0/s1. The Morgan fingerprint density at radius 3 is 2.52 bits per heavy atom. The summed E-state index contributed by atoms with van der Waals surface area (Å²) in [6.07, 6.45) is 6.51. The molecule has 5 aromatic rings. The molecule has 2 aromatic heterocycles. The Labute approximate surface area is 232 Å². The van der Waals surface area contributed by atoms with Crippen LogP contribution in [0.25, 0.3) is 27.5 Å². The lowest BCUT2D eigenvalue weighted by Gasteiger charge is -2.29. The van der Waals surface area contributed by atoms with Crippen LogP contribution in [-0.4, -0.2) is 10.7 Å². The fraction of sp³-hybridized carbons (Fsp3) is 0.156. The van der Waals surface area contributed by atoms with E-state index < -0.39 is 5.63 Å². The average molecular weight is 552 g/mol. The summed E-state index contributed by atoms with van der Waals surface area (Å²) in [6, 6.07) is 22.0. The van der Waals surface area contributed by atoms with Gasteiger partial charge in [-0.2, -0.15) is 5.10 Å². The molecule has 198 valence electrons. The number of benzene rings is 3. The molecule has 2 atom stereocenters. The van der Waals surface area contributed by atoms with Crippen molar-refractivity contribution in [3.63, 3.8) is 0 Å². The Hall–Kier alpha value is -4.43. The van der Waals surface area contributed by atoms with E-state index in [9.17, 15) is 13.6 Å². The van der Waals surface area contributed by atoms with Crippen molar-refractivity contribution in [3.8, 4) is 10.4 Å². The van der Waals surface area contributed by atoms with E-state index in [4.69, 9.17) is 9.52 Å². The molecule has 40 heavy (non-hydrogen) atoms. The Balaban J connectivity index is 1.31. The molecule has 5 nitrogen and oxygen atoms in total. The molecule has 2 aliphatic rings. The first-order valence-electron chi connectivity index (χ1n) is 13.1. The molecule has 3 aromatic carbocycles. The highest BCUT2D eigenvalue weighted by Crippen LogP contribution is 2.47. The maximum absolute atomic E-state index is 13.9. The fourth-order valence-electron chi connectivity index (χ4n) is 5.64. The quantitative estimate of drug-likeness (QED) is 0.212. The highest BCUT2D eigenvalue weighted by Gasteiger charge is 2.43. The third-order valence-corrected chi connectivity index (χ3v) is 8.54. The molecule has 7 rings (SSSR count). The highest BCUT2D eigenvalue weighted by atomic mass is 32.1. The van der Waals surface area contributed by atoms with Crippen molar-refractivity contribution in [2.24, 2.45) is 11.0 Å². The second-order valence-corrected chi connectivity index (χ2v) is 11.0. The monoisotopic (exact) mass is 551 g/mol. The van der Waals surface area contributed by atoms with Gasteiger partial charge in [0, 0.05) is 17.5 Å². The van der Waals surface area contributed by atoms with Crippen molar-refractivity contribution < 1.29 is 13.2 Å². The topological polar surface area (TPSA) is 58.7 Å². The summed E-state index contributed by atoms with van der Waals surface area (Å²) in [4.78, 5) is 18.2. The smallest absolute Gasteiger partial charge is 0.345 e. The fourth-order valence-corrected chi connectivity index (χ4v) is 6.55. The Morgan fingerprint density at radius 2 is 1.73 bits per heavy atom. The molecule has 0 N–H and O–H groups in total. The second kappa shape index (κ2) is 9.95. The summed E-state index contributed by atoms with van der Waals surface area (Å²) in [5, 5.41) is 8.48. The number of aromatic nitrogens is 1. The van der Waals surface area contributed by atoms with E-state index in [2.05, 4.69) is 11.1 Å². The summed E-state index contributed by atoms with van der Waals surface area (Å²) in [6.45, 7) is 0. The lowest BCUT2D eigenvalue weighted by atomic mass is 9.77. The van der Waals surface area contributed by atoms with Crippen molar-refractivity contribution in [3.05, 3.63) is 124 Å². The van der Waals surface area contributed by atoms with Gasteiger partial charge in [-0.15, -0.1) is 0 Å². The van der Waals surface area contributed by atoms with E-state index in [-0.39, 0.29) is 23.6 Å². The summed E-state index contributed by atoms with van der Waals surface area (Å²) < 4.78 is 32.9. The van der Waals surface area contributed by atoms with E-state index in [1.54, 1.807) is 36.5 Å². The minimum atomic E-state index is -0.421. The molecule has 0 unspecified atom stereocenters. The van der Waals surface area contributed by atoms with Crippen LogP contribution in [0.4, 0.5) is 13.9 Å².